The minimum absolute atomic E-state index is 0.0252. The van der Waals surface area contributed by atoms with E-state index in [9.17, 15) is 9.59 Å². The zero-order valence-corrected chi connectivity index (χ0v) is 16.2. The van der Waals surface area contributed by atoms with E-state index >= 15 is 0 Å². The van der Waals surface area contributed by atoms with Gasteiger partial charge in [0.1, 0.15) is 0 Å². The molecule has 2 aromatic carbocycles. The Morgan fingerprint density at radius 2 is 1.93 bits per heavy atom. The molecular formula is C22H27N3O2. The van der Waals surface area contributed by atoms with E-state index in [2.05, 4.69) is 30.5 Å². The molecule has 0 radical (unpaired) electrons. The molecule has 0 saturated heterocycles. The highest BCUT2D eigenvalue weighted by atomic mass is 16.2. The number of benzene rings is 2. The largest absolute Gasteiger partial charge is 0.338 e. The van der Waals surface area contributed by atoms with Crippen molar-refractivity contribution < 1.29 is 9.59 Å². The Bertz CT molecular complexity index is 845. The number of rotatable bonds is 5. The van der Waals surface area contributed by atoms with Crippen molar-refractivity contribution in [2.45, 2.75) is 33.7 Å². The van der Waals surface area contributed by atoms with Crippen LogP contribution in [0.15, 0.2) is 42.5 Å². The third-order valence-electron chi connectivity index (χ3n) is 4.68. The van der Waals surface area contributed by atoms with Gasteiger partial charge in [-0.15, -0.1) is 0 Å². The van der Waals surface area contributed by atoms with E-state index < -0.39 is 0 Å². The Labute approximate surface area is 160 Å². The number of amides is 3. The van der Waals surface area contributed by atoms with Crippen molar-refractivity contribution in [3.63, 3.8) is 0 Å². The predicted octanol–water partition coefficient (Wildman–Crippen LogP) is 3.65. The van der Waals surface area contributed by atoms with Crippen molar-refractivity contribution >= 4 is 17.6 Å². The maximum absolute atomic E-state index is 12.9. The molecule has 3 amide bonds. The topological polar surface area (TPSA) is 61.4 Å². The van der Waals surface area contributed by atoms with E-state index in [-0.39, 0.29) is 11.9 Å². The van der Waals surface area contributed by atoms with Crippen LogP contribution in [-0.2, 0) is 13.0 Å². The summed E-state index contributed by atoms with van der Waals surface area (Å²) >= 11 is 0. The monoisotopic (exact) mass is 365 g/mol. The smallest absolute Gasteiger partial charge is 0.315 e. The van der Waals surface area contributed by atoms with Gasteiger partial charge in [0.2, 0.25) is 0 Å². The predicted molar refractivity (Wildman–Crippen MR) is 108 cm³/mol. The molecule has 5 heteroatoms. The SMILES string of the molecule is Cc1cccc(C(=O)N2CCc3ccc(CNC(=O)NCC(C)C)cc32)c1. The average Bonchev–Trinajstić information content (AvgIpc) is 3.07. The zero-order chi connectivity index (χ0) is 19.4. The second-order valence-electron chi connectivity index (χ2n) is 7.50. The molecule has 3 rings (SSSR count). The summed E-state index contributed by atoms with van der Waals surface area (Å²) in [7, 11) is 0. The van der Waals surface area contributed by atoms with Crippen molar-refractivity contribution in [2.24, 2.45) is 5.92 Å². The summed E-state index contributed by atoms with van der Waals surface area (Å²) in [6.45, 7) is 7.87. The van der Waals surface area contributed by atoms with Gasteiger partial charge in [0.15, 0.2) is 0 Å². The highest BCUT2D eigenvalue weighted by Crippen LogP contribution is 2.30. The second-order valence-corrected chi connectivity index (χ2v) is 7.50. The molecule has 5 nitrogen and oxygen atoms in total. The van der Waals surface area contributed by atoms with Gasteiger partial charge in [0, 0.05) is 30.9 Å². The van der Waals surface area contributed by atoms with Crippen LogP contribution < -0.4 is 15.5 Å². The Kier molecular flexibility index (Phi) is 5.79. The van der Waals surface area contributed by atoms with Crippen LogP contribution in [0.25, 0.3) is 0 Å². The minimum atomic E-state index is -0.170. The van der Waals surface area contributed by atoms with Gasteiger partial charge in [-0.05, 0) is 48.6 Å². The lowest BCUT2D eigenvalue weighted by atomic mass is 10.1. The van der Waals surface area contributed by atoms with Gasteiger partial charge in [-0.25, -0.2) is 4.79 Å². The minimum Gasteiger partial charge on any atom is -0.338 e. The van der Waals surface area contributed by atoms with Crippen molar-refractivity contribution in [3.05, 3.63) is 64.7 Å². The van der Waals surface area contributed by atoms with Crippen LogP contribution >= 0.6 is 0 Å². The molecule has 0 unspecified atom stereocenters. The van der Waals surface area contributed by atoms with E-state index in [1.165, 1.54) is 5.56 Å². The number of anilines is 1. The molecule has 1 aliphatic rings. The van der Waals surface area contributed by atoms with Crippen LogP contribution in [0.4, 0.5) is 10.5 Å². The molecule has 0 saturated carbocycles. The van der Waals surface area contributed by atoms with Crippen molar-refractivity contribution in [3.8, 4) is 0 Å². The molecule has 1 heterocycles. The highest BCUT2D eigenvalue weighted by Gasteiger charge is 2.25. The van der Waals surface area contributed by atoms with Gasteiger partial charge in [0.05, 0.1) is 0 Å². The lowest BCUT2D eigenvalue weighted by Crippen LogP contribution is -2.37. The summed E-state index contributed by atoms with van der Waals surface area (Å²) in [6, 6.07) is 13.6. The van der Waals surface area contributed by atoms with Crippen LogP contribution in [-0.4, -0.2) is 25.0 Å². The maximum Gasteiger partial charge on any atom is 0.315 e. The van der Waals surface area contributed by atoms with Gasteiger partial charge < -0.3 is 15.5 Å². The zero-order valence-electron chi connectivity index (χ0n) is 16.2. The third-order valence-corrected chi connectivity index (χ3v) is 4.68. The number of nitrogens with one attached hydrogen (secondary N) is 2. The molecule has 0 bridgehead atoms. The van der Waals surface area contributed by atoms with Gasteiger partial charge >= 0.3 is 6.03 Å². The molecule has 0 aromatic heterocycles. The molecule has 27 heavy (non-hydrogen) atoms. The Balaban J connectivity index is 1.69. The Morgan fingerprint density at radius 3 is 2.67 bits per heavy atom. The molecule has 0 spiro atoms. The number of aryl methyl sites for hydroxylation is 1. The number of nitrogens with zero attached hydrogens (tertiary/aromatic N) is 1. The molecule has 2 N–H and O–H groups in total. The normalized spacial score (nSPS) is 12.8. The lowest BCUT2D eigenvalue weighted by Gasteiger charge is -2.18. The van der Waals surface area contributed by atoms with E-state index in [0.717, 1.165) is 23.2 Å². The number of fused-ring (bicyclic) bond motifs is 1. The fraction of sp³-hybridized carbons (Fsp3) is 0.364. The molecule has 0 aliphatic carbocycles. The van der Waals surface area contributed by atoms with Crippen LogP contribution in [0.5, 0.6) is 0 Å². The van der Waals surface area contributed by atoms with Crippen LogP contribution in [0.2, 0.25) is 0 Å². The van der Waals surface area contributed by atoms with E-state index in [0.29, 0.717) is 31.1 Å². The number of urea groups is 1. The summed E-state index contributed by atoms with van der Waals surface area (Å²) < 4.78 is 0. The molecule has 0 atom stereocenters. The average molecular weight is 365 g/mol. The van der Waals surface area contributed by atoms with E-state index in [1.54, 1.807) is 0 Å². The van der Waals surface area contributed by atoms with Crippen molar-refractivity contribution in [1.29, 1.82) is 0 Å². The Morgan fingerprint density at radius 1 is 1.11 bits per heavy atom. The van der Waals surface area contributed by atoms with Crippen LogP contribution in [0, 0.1) is 12.8 Å². The molecule has 2 aromatic rings. The molecule has 1 aliphatic heterocycles. The maximum atomic E-state index is 12.9. The second kappa shape index (κ2) is 8.25. The van der Waals surface area contributed by atoms with Gasteiger partial charge in [-0.3, -0.25) is 4.79 Å². The first-order valence-corrected chi connectivity index (χ1v) is 9.46. The third kappa shape index (κ3) is 4.67. The standard InChI is InChI=1S/C22H27N3O2/c1-15(2)13-23-22(27)24-14-17-7-8-18-9-10-25(20(18)12-17)21(26)19-6-4-5-16(3)11-19/h4-8,11-12,15H,9-10,13-14H2,1-3H3,(H2,23,24,27). The fourth-order valence-electron chi connectivity index (χ4n) is 3.22. The summed E-state index contributed by atoms with van der Waals surface area (Å²) in [5, 5.41) is 5.72. The molecule has 0 fully saturated rings. The first-order valence-electron chi connectivity index (χ1n) is 9.46. The van der Waals surface area contributed by atoms with Crippen LogP contribution in [0.1, 0.15) is 40.9 Å². The number of hydrogen-bond acceptors (Lipinski definition) is 2. The lowest BCUT2D eigenvalue weighted by molar-refractivity contribution is 0.0989. The fourth-order valence-corrected chi connectivity index (χ4v) is 3.22. The summed E-state index contributed by atoms with van der Waals surface area (Å²) in [6.07, 6.45) is 0.857. The van der Waals surface area contributed by atoms with Crippen molar-refractivity contribution in [1.82, 2.24) is 10.6 Å². The first-order chi connectivity index (χ1) is 12.9. The summed E-state index contributed by atoms with van der Waals surface area (Å²) in [5.41, 5.74) is 4.88. The van der Waals surface area contributed by atoms with Gasteiger partial charge in [0.25, 0.3) is 5.91 Å². The number of hydrogen-bond donors (Lipinski definition) is 2. The van der Waals surface area contributed by atoms with Crippen LogP contribution in [0.3, 0.4) is 0 Å². The van der Waals surface area contributed by atoms with E-state index in [4.69, 9.17) is 0 Å². The van der Waals surface area contributed by atoms with Gasteiger partial charge in [-0.2, -0.15) is 0 Å². The summed E-state index contributed by atoms with van der Waals surface area (Å²) in [5.74, 6) is 0.439. The quantitative estimate of drug-likeness (QED) is 0.849. The van der Waals surface area contributed by atoms with Gasteiger partial charge in [-0.1, -0.05) is 43.7 Å². The number of carbonyl (C=O) groups is 2. The van der Waals surface area contributed by atoms with Crippen molar-refractivity contribution in [2.75, 3.05) is 18.0 Å². The summed E-state index contributed by atoms with van der Waals surface area (Å²) in [4.78, 5) is 26.6. The molecular weight excluding hydrogens is 338 g/mol. The Hall–Kier alpha value is -2.82. The number of carbonyl (C=O) groups excluding carboxylic acids is 2. The highest BCUT2D eigenvalue weighted by molar-refractivity contribution is 6.07. The first kappa shape index (κ1) is 19.0. The van der Waals surface area contributed by atoms with E-state index in [1.807, 2.05) is 48.2 Å². The molecule has 142 valence electrons.